The molecule has 0 aliphatic carbocycles. The van der Waals surface area contributed by atoms with Crippen molar-refractivity contribution in [1.29, 1.82) is 0 Å². The van der Waals surface area contributed by atoms with Crippen molar-refractivity contribution in [2.75, 3.05) is 24.0 Å². The Morgan fingerprint density at radius 3 is 1.11 bits per heavy atom. The fourth-order valence-corrected chi connectivity index (χ4v) is 3.30. The minimum Gasteiger partial charge on any atom is -0.480 e. The lowest BCUT2D eigenvalue weighted by atomic mass is 9.93. The van der Waals surface area contributed by atoms with E-state index in [1.807, 2.05) is 0 Å². The van der Waals surface area contributed by atoms with Crippen LogP contribution in [-0.2, 0) is 19.2 Å². The van der Waals surface area contributed by atoms with Gasteiger partial charge < -0.3 is 20.8 Å². The minimum absolute atomic E-state index is 0.191. The highest BCUT2D eigenvalue weighted by molar-refractivity contribution is 7.98. The lowest BCUT2D eigenvalue weighted by Gasteiger charge is -2.38. The van der Waals surface area contributed by atoms with E-state index in [-0.39, 0.29) is 11.5 Å². The molecular formula is C17H20F10N2O6S2. The Balaban J connectivity index is 6.22. The third-order valence-electron chi connectivity index (χ3n) is 4.58. The summed E-state index contributed by atoms with van der Waals surface area (Å²) in [6.07, 6.45) is 1.31. The molecule has 8 nitrogen and oxygen atoms in total. The molecule has 0 aliphatic heterocycles. The average Bonchev–Trinajstić information content (AvgIpc) is 2.77. The number of rotatable bonds is 16. The third kappa shape index (κ3) is 7.05. The van der Waals surface area contributed by atoms with Gasteiger partial charge in [-0.1, -0.05) is 0 Å². The molecule has 20 heteroatoms. The first-order valence-electron chi connectivity index (χ1n) is 9.52. The third-order valence-corrected chi connectivity index (χ3v) is 5.86. The molecular weight excluding hydrogens is 582 g/mol. The minimum atomic E-state index is -7.82. The molecule has 4 N–H and O–H groups in total. The van der Waals surface area contributed by atoms with Gasteiger partial charge in [0.1, 0.15) is 12.1 Å². The van der Waals surface area contributed by atoms with E-state index in [0.29, 0.717) is 0 Å². The molecule has 2 amide bonds. The summed E-state index contributed by atoms with van der Waals surface area (Å²) in [4.78, 5) is 45.0. The predicted octanol–water partition coefficient (Wildman–Crippen LogP) is 2.81. The van der Waals surface area contributed by atoms with Crippen LogP contribution in [0, 0.1) is 0 Å². The van der Waals surface area contributed by atoms with Gasteiger partial charge in [0.15, 0.2) is 0 Å². The number of aliphatic carboxylic acids is 2. The number of carboxylic acid groups (broad SMARTS) is 2. The Hall–Kier alpha value is -2.12. The van der Waals surface area contributed by atoms with Crippen LogP contribution in [0.2, 0.25) is 0 Å². The van der Waals surface area contributed by atoms with Crippen LogP contribution >= 0.6 is 23.5 Å². The second-order valence-electron chi connectivity index (χ2n) is 7.16. The molecule has 0 rings (SSSR count). The monoisotopic (exact) mass is 602 g/mol. The van der Waals surface area contributed by atoms with Gasteiger partial charge in [0, 0.05) is 0 Å². The van der Waals surface area contributed by atoms with E-state index in [1.165, 1.54) is 12.5 Å². The van der Waals surface area contributed by atoms with E-state index in [0.717, 1.165) is 34.2 Å². The van der Waals surface area contributed by atoms with Gasteiger partial charge in [-0.3, -0.25) is 9.59 Å². The molecule has 0 aromatic carbocycles. The molecule has 0 aromatic rings. The average molecular weight is 602 g/mol. The maximum Gasteiger partial charge on any atom is 0.392 e. The molecule has 0 heterocycles. The van der Waals surface area contributed by atoms with Crippen LogP contribution in [0.15, 0.2) is 0 Å². The Morgan fingerprint density at radius 2 is 0.892 bits per heavy atom. The van der Waals surface area contributed by atoms with Crippen LogP contribution in [-0.4, -0.2) is 99.7 Å². The molecule has 0 saturated carbocycles. The maximum absolute atomic E-state index is 14.0. The Morgan fingerprint density at radius 1 is 0.622 bits per heavy atom. The summed E-state index contributed by atoms with van der Waals surface area (Å²) in [5.41, 5.74) is 0. The highest BCUT2D eigenvalue weighted by Crippen LogP contribution is 2.57. The number of carbonyl (C=O) groups excluding carboxylic acids is 2. The van der Waals surface area contributed by atoms with E-state index >= 15 is 0 Å². The summed E-state index contributed by atoms with van der Waals surface area (Å²) in [5, 5.41) is 19.1. The van der Waals surface area contributed by atoms with Crippen LogP contribution in [0.1, 0.15) is 12.8 Å². The van der Waals surface area contributed by atoms with Crippen LogP contribution in [0.5, 0.6) is 0 Å². The zero-order valence-electron chi connectivity index (χ0n) is 18.6. The molecule has 0 radical (unpaired) electrons. The van der Waals surface area contributed by atoms with Crippen molar-refractivity contribution < 1.29 is 73.3 Å². The van der Waals surface area contributed by atoms with Gasteiger partial charge >= 0.3 is 41.6 Å². The molecule has 0 aliphatic rings. The molecule has 37 heavy (non-hydrogen) atoms. The lowest BCUT2D eigenvalue weighted by molar-refractivity contribution is -0.388. The summed E-state index contributed by atoms with van der Waals surface area (Å²) in [6.45, 7) is 0. The number of amides is 2. The lowest BCUT2D eigenvalue weighted by Crippen LogP contribution is -2.72. The number of carboxylic acids is 2. The number of nitrogens with one attached hydrogen (secondary N) is 2. The van der Waals surface area contributed by atoms with Gasteiger partial charge in [-0.2, -0.15) is 67.4 Å². The smallest absolute Gasteiger partial charge is 0.392 e. The van der Waals surface area contributed by atoms with E-state index < -0.39 is 78.3 Å². The highest BCUT2D eigenvalue weighted by Gasteiger charge is 2.89. The molecule has 0 unspecified atom stereocenters. The van der Waals surface area contributed by atoms with Crippen LogP contribution in [0.3, 0.4) is 0 Å². The highest BCUT2D eigenvalue weighted by atomic mass is 32.2. The molecule has 216 valence electrons. The molecule has 0 aromatic heterocycles. The number of hydrogen-bond acceptors (Lipinski definition) is 6. The maximum atomic E-state index is 14.0. The first kappa shape index (κ1) is 34.9. The Kier molecular flexibility index (Phi) is 11.9. The Bertz CT molecular complexity index is 796. The van der Waals surface area contributed by atoms with Crippen molar-refractivity contribution in [3.63, 3.8) is 0 Å². The topological polar surface area (TPSA) is 133 Å². The zero-order valence-corrected chi connectivity index (χ0v) is 20.2. The summed E-state index contributed by atoms with van der Waals surface area (Å²) in [7, 11) is 0. The Labute approximate surface area is 210 Å². The second kappa shape index (κ2) is 12.6. The first-order valence-corrected chi connectivity index (χ1v) is 12.3. The summed E-state index contributed by atoms with van der Waals surface area (Å²) in [5.74, 6) is -48.5. The van der Waals surface area contributed by atoms with Crippen molar-refractivity contribution in [3.8, 4) is 0 Å². The molecule has 0 fully saturated rings. The van der Waals surface area contributed by atoms with Crippen LogP contribution < -0.4 is 10.6 Å². The number of hydrogen-bond donors (Lipinski definition) is 4. The number of carbonyl (C=O) groups is 4. The fraction of sp³-hybridized carbons (Fsp3) is 0.765. The largest absolute Gasteiger partial charge is 0.480 e. The summed E-state index contributed by atoms with van der Waals surface area (Å²) < 4.78 is 140. The second-order valence-corrected chi connectivity index (χ2v) is 9.13. The van der Waals surface area contributed by atoms with Crippen molar-refractivity contribution in [2.45, 2.75) is 54.5 Å². The van der Waals surface area contributed by atoms with E-state index in [4.69, 9.17) is 10.2 Å². The summed E-state index contributed by atoms with van der Waals surface area (Å²) in [6, 6.07) is -4.76. The van der Waals surface area contributed by atoms with Gasteiger partial charge in [0.25, 0.3) is 11.8 Å². The number of halogens is 10. The van der Waals surface area contributed by atoms with Gasteiger partial charge in [-0.25, -0.2) is 9.59 Å². The fourth-order valence-electron chi connectivity index (χ4n) is 2.36. The van der Waals surface area contributed by atoms with E-state index in [9.17, 15) is 63.1 Å². The molecule has 0 spiro atoms. The van der Waals surface area contributed by atoms with Crippen molar-refractivity contribution in [2.24, 2.45) is 0 Å². The normalized spacial score (nSPS) is 15.0. The SMILES string of the molecule is CSCC[C@H](NC(=O)C(F)(F)C(F)(F)C(F)(F)C(F)(F)C(F)(F)C(=O)N[C@H](CCSC)C(=O)O)C(=O)O. The van der Waals surface area contributed by atoms with Gasteiger partial charge in [0.2, 0.25) is 0 Å². The first-order chi connectivity index (χ1) is 16.6. The van der Waals surface area contributed by atoms with E-state index in [2.05, 4.69) is 0 Å². The standard InChI is InChI=1S/C17H20F10N2O6S2/c1-36-5-3-7(9(30)31)28-11(34)13(18,19)15(22,23)17(26,27)16(24,25)14(20,21)12(35)29-8(10(32)33)4-6-37-2/h7-8H,3-6H2,1-2H3,(H,28,34)(H,29,35)(H,30,31)(H,32,33)/t7-,8+. The van der Waals surface area contributed by atoms with Gasteiger partial charge in [-0.05, 0) is 36.9 Å². The van der Waals surface area contributed by atoms with Gasteiger partial charge in [-0.15, -0.1) is 0 Å². The summed E-state index contributed by atoms with van der Waals surface area (Å²) >= 11 is 1.76. The molecule has 2 atom stereocenters. The van der Waals surface area contributed by atoms with E-state index in [1.54, 1.807) is 0 Å². The zero-order chi connectivity index (χ0) is 29.6. The van der Waals surface area contributed by atoms with Crippen molar-refractivity contribution in [1.82, 2.24) is 10.6 Å². The molecule has 0 saturated heterocycles. The number of thioether (sulfide) groups is 2. The van der Waals surface area contributed by atoms with Crippen molar-refractivity contribution in [3.05, 3.63) is 0 Å². The van der Waals surface area contributed by atoms with Crippen molar-refractivity contribution >= 4 is 47.3 Å². The predicted molar refractivity (Wildman–Crippen MR) is 110 cm³/mol. The van der Waals surface area contributed by atoms with Gasteiger partial charge in [0.05, 0.1) is 0 Å². The number of alkyl halides is 10. The quantitative estimate of drug-likeness (QED) is 0.199. The van der Waals surface area contributed by atoms with Crippen LogP contribution in [0.25, 0.3) is 0 Å². The van der Waals surface area contributed by atoms with Crippen LogP contribution in [0.4, 0.5) is 43.9 Å². The molecule has 0 bridgehead atoms.